The van der Waals surface area contributed by atoms with E-state index in [4.69, 9.17) is 5.73 Å². The second kappa shape index (κ2) is 4.35. The number of benzene rings is 1. The minimum Gasteiger partial charge on any atom is -0.399 e. The third-order valence-corrected chi connectivity index (χ3v) is 1.78. The summed E-state index contributed by atoms with van der Waals surface area (Å²) in [5.74, 6) is -2.98. The average Bonchev–Trinajstić information content (AvgIpc) is 2.25. The van der Waals surface area contributed by atoms with Crippen molar-refractivity contribution in [2.24, 2.45) is 0 Å². The van der Waals surface area contributed by atoms with Crippen LogP contribution in [0.3, 0.4) is 0 Å². The zero-order valence-electron chi connectivity index (χ0n) is 8.15. The van der Waals surface area contributed by atoms with Gasteiger partial charge in [0.2, 0.25) is 0 Å². The Morgan fingerprint density at radius 2 is 1.29 bits per heavy atom. The number of nitrogen functional groups attached to an aromatic ring is 1. The number of carbonyl (C=O) groups is 2. The van der Waals surface area contributed by atoms with Crippen LogP contribution in [0.25, 0.3) is 0 Å². The van der Waals surface area contributed by atoms with Crippen molar-refractivity contribution in [3.63, 3.8) is 0 Å². The first-order valence-corrected chi connectivity index (χ1v) is 4.11. The minimum atomic E-state index is -1.49. The Hall–Kier alpha value is -2.84. The van der Waals surface area contributed by atoms with Crippen LogP contribution in [0.2, 0.25) is 0 Å². The first-order chi connectivity index (χ1) is 7.82. The maximum atomic E-state index is 11.0. The van der Waals surface area contributed by atoms with Gasteiger partial charge in [-0.2, -0.15) is 0 Å². The second-order valence-corrected chi connectivity index (χ2v) is 2.97. The Labute approximate surface area is 93.1 Å². The molecule has 0 unspecified atom stereocenters. The SMILES string of the molecule is Nc1cc(C(=O)[N+](=O)[O-])cc(C(=O)[N+](=O)[O-])c1. The van der Waals surface area contributed by atoms with E-state index in [0.717, 1.165) is 18.2 Å². The molecule has 0 aliphatic heterocycles. The lowest BCUT2D eigenvalue weighted by Gasteiger charge is -1.98. The largest absolute Gasteiger partial charge is 0.476 e. The molecule has 0 aromatic heterocycles. The van der Waals surface area contributed by atoms with Crippen LogP contribution in [-0.2, 0) is 0 Å². The molecule has 88 valence electrons. The van der Waals surface area contributed by atoms with Gasteiger partial charge < -0.3 is 5.73 Å². The first kappa shape index (κ1) is 12.2. The topological polar surface area (TPSA) is 146 Å². The fourth-order valence-electron chi connectivity index (χ4n) is 1.11. The van der Waals surface area contributed by atoms with E-state index < -0.39 is 32.8 Å². The zero-order chi connectivity index (χ0) is 13.2. The molecule has 1 aromatic carbocycles. The molecule has 0 spiro atoms. The van der Waals surface area contributed by atoms with E-state index in [-0.39, 0.29) is 5.69 Å². The second-order valence-electron chi connectivity index (χ2n) is 2.97. The molecule has 0 aliphatic carbocycles. The van der Waals surface area contributed by atoms with Crippen molar-refractivity contribution >= 4 is 17.5 Å². The van der Waals surface area contributed by atoms with Crippen molar-refractivity contribution in [3.05, 3.63) is 49.6 Å². The Kier molecular flexibility index (Phi) is 3.13. The Balaban J connectivity index is 3.29. The fourth-order valence-corrected chi connectivity index (χ4v) is 1.11. The Bertz CT molecular complexity index is 494. The van der Waals surface area contributed by atoms with Crippen molar-refractivity contribution in [1.29, 1.82) is 0 Å². The number of amides is 2. The number of hydrogen-bond acceptors (Lipinski definition) is 7. The predicted octanol–water partition coefficient (Wildman–Crippen LogP) is 0.103. The van der Waals surface area contributed by atoms with Gasteiger partial charge in [-0.1, -0.05) is 0 Å². The van der Waals surface area contributed by atoms with Gasteiger partial charge in [0.15, 0.2) is 0 Å². The molecular formula is C8H5N3O6. The Morgan fingerprint density at radius 1 is 0.941 bits per heavy atom. The fraction of sp³-hybridized carbons (Fsp3) is 0. The van der Waals surface area contributed by atoms with Gasteiger partial charge in [0.1, 0.15) is 9.85 Å². The summed E-state index contributed by atoms with van der Waals surface area (Å²) in [7, 11) is 0. The number of hydrogen-bond donors (Lipinski definition) is 1. The number of anilines is 1. The molecule has 0 atom stereocenters. The van der Waals surface area contributed by atoms with E-state index in [1.807, 2.05) is 0 Å². The summed E-state index contributed by atoms with van der Waals surface area (Å²) < 4.78 is 0. The quantitative estimate of drug-likeness (QED) is 0.437. The van der Waals surface area contributed by atoms with E-state index in [1.165, 1.54) is 0 Å². The lowest BCUT2D eigenvalue weighted by molar-refractivity contribution is -0.375. The van der Waals surface area contributed by atoms with E-state index >= 15 is 0 Å². The van der Waals surface area contributed by atoms with Gasteiger partial charge in [-0.05, 0) is 18.2 Å². The summed E-state index contributed by atoms with van der Waals surface area (Å²) in [6.45, 7) is 0. The van der Waals surface area contributed by atoms with Crippen LogP contribution in [0, 0.1) is 20.2 Å². The third kappa shape index (κ3) is 2.59. The molecule has 0 heterocycles. The maximum absolute atomic E-state index is 11.0. The highest BCUT2D eigenvalue weighted by atomic mass is 16.6. The summed E-state index contributed by atoms with van der Waals surface area (Å²) in [5.41, 5.74) is 4.16. The smallest absolute Gasteiger partial charge is 0.399 e. The number of nitro groups is 2. The van der Waals surface area contributed by atoms with Crippen LogP contribution in [0.4, 0.5) is 5.69 Å². The van der Waals surface area contributed by atoms with Gasteiger partial charge in [-0.3, -0.25) is 20.2 Å². The van der Waals surface area contributed by atoms with Gasteiger partial charge in [-0.15, -0.1) is 0 Å². The molecule has 17 heavy (non-hydrogen) atoms. The van der Waals surface area contributed by atoms with Crippen LogP contribution in [0.5, 0.6) is 0 Å². The molecule has 1 aromatic rings. The average molecular weight is 239 g/mol. The predicted molar refractivity (Wildman–Crippen MR) is 53.5 cm³/mol. The van der Waals surface area contributed by atoms with Crippen LogP contribution < -0.4 is 5.73 Å². The van der Waals surface area contributed by atoms with E-state index in [0.29, 0.717) is 0 Å². The van der Waals surface area contributed by atoms with Crippen LogP contribution in [0.15, 0.2) is 18.2 Å². The molecule has 0 saturated heterocycles. The lowest BCUT2D eigenvalue weighted by Crippen LogP contribution is -2.16. The lowest BCUT2D eigenvalue weighted by atomic mass is 10.1. The summed E-state index contributed by atoms with van der Waals surface area (Å²) in [4.78, 5) is 40.0. The normalized spacial score (nSPS) is 9.65. The monoisotopic (exact) mass is 239 g/mol. The van der Waals surface area contributed by atoms with Gasteiger partial charge in [0.25, 0.3) is 0 Å². The summed E-state index contributed by atoms with van der Waals surface area (Å²) in [6.07, 6.45) is 0. The maximum Gasteiger partial charge on any atom is 0.476 e. The molecule has 9 nitrogen and oxygen atoms in total. The van der Waals surface area contributed by atoms with E-state index in [2.05, 4.69) is 0 Å². The molecule has 0 saturated carbocycles. The molecular weight excluding hydrogens is 234 g/mol. The minimum absolute atomic E-state index is 0.150. The van der Waals surface area contributed by atoms with E-state index in [9.17, 15) is 29.8 Å². The molecule has 0 bridgehead atoms. The standard InChI is InChI=1S/C8H5N3O6/c9-6-2-4(7(12)10(14)15)1-5(3-6)8(13)11(16)17/h1-3H,9H2. The summed E-state index contributed by atoms with van der Waals surface area (Å²) in [5, 5.41) is 20.4. The van der Waals surface area contributed by atoms with Gasteiger partial charge >= 0.3 is 11.8 Å². The van der Waals surface area contributed by atoms with Gasteiger partial charge in [0, 0.05) is 5.69 Å². The molecule has 0 aliphatic rings. The zero-order valence-corrected chi connectivity index (χ0v) is 8.15. The highest BCUT2D eigenvalue weighted by Crippen LogP contribution is 2.13. The van der Waals surface area contributed by atoms with Crippen LogP contribution in [0.1, 0.15) is 20.7 Å². The van der Waals surface area contributed by atoms with Crippen molar-refractivity contribution in [2.75, 3.05) is 5.73 Å². The van der Waals surface area contributed by atoms with E-state index in [1.54, 1.807) is 0 Å². The van der Waals surface area contributed by atoms with Crippen LogP contribution >= 0.6 is 0 Å². The summed E-state index contributed by atoms with van der Waals surface area (Å²) >= 11 is 0. The summed E-state index contributed by atoms with van der Waals surface area (Å²) in [6, 6.07) is 2.68. The first-order valence-electron chi connectivity index (χ1n) is 4.11. The number of nitrogens with zero attached hydrogens (tertiary/aromatic N) is 2. The third-order valence-electron chi connectivity index (χ3n) is 1.78. The molecule has 0 radical (unpaired) electrons. The number of nitrogens with two attached hydrogens (primary N) is 1. The van der Waals surface area contributed by atoms with Crippen molar-refractivity contribution < 1.29 is 19.4 Å². The molecule has 2 amide bonds. The molecule has 0 fully saturated rings. The van der Waals surface area contributed by atoms with Gasteiger partial charge in [0.05, 0.1) is 11.1 Å². The molecule has 1 rings (SSSR count). The Morgan fingerprint density at radius 3 is 1.59 bits per heavy atom. The highest BCUT2D eigenvalue weighted by Gasteiger charge is 2.25. The number of rotatable bonds is 2. The van der Waals surface area contributed by atoms with Crippen LogP contribution in [-0.4, -0.2) is 21.7 Å². The van der Waals surface area contributed by atoms with Crippen molar-refractivity contribution in [1.82, 2.24) is 0 Å². The molecule has 9 heteroatoms. The number of carbonyl (C=O) groups excluding carboxylic acids is 2. The highest BCUT2D eigenvalue weighted by molar-refractivity contribution is 5.95. The van der Waals surface area contributed by atoms with Crippen molar-refractivity contribution in [3.8, 4) is 0 Å². The molecule has 2 N–H and O–H groups in total. The van der Waals surface area contributed by atoms with Gasteiger partial charge in [-0.25, -0.2) is 9.59 Å². The van der Waals surface area contributed by atoms with Crippen molar-refractivity contribution in [2.45, 2.75) is 0 Å².